The highest BCUT2D eigenvalue weighted by molar-refractivity contribution is 4.94. The number of nitrogens with zero attached hydrogens (tertiary/aromatic N) is 2. The molecule has 1 aliphatic rings. The Morgan fingerprint density at radius 2 is 2.30 bits per heavy atom. The van der Waals surface area contributed by atoms with Crippen molar-refractivity contribution in [3.63, 3.8) is 0 Å². The van der Waals surface area contributed by atoms with Crippen molar-refractivity contribution in [2.75, 3.05) is 19.6 Å². The zero-order chi connectivity index (χ0) is 7.61. The van der Waals surface area contributed by atoms with Crippen molar-refractivity contribution in [3.05, 3.63) is 0 Å². The molecule has 1 rings (SSSR count). The third-order valence-electron chi connectivity index (χ3n) is 1.92. The quantitative estimate of drug-likeness (QED) is 0.486. The maximum Gasteiger partial charge on any atom is 0.179 e. The summed E-state index contributed by atoms with van der Waals surface area (Å²) in [5.41, 5.74) is 0.00694. The van der Waals surface area contributed by atoms with Crippen LogP contribution >= 0.6 is 0 Å². The number of piperazine rings is 1. The molecule has 1 saturated heterocycles. The van der Waals surface area contributed by atoms with Crippen LogP contribution in [0.2, 0.25) is 0 Å². The highest BCUT2D eigenvalue weighted by Gasteiger charge is 2.28. The molecule has 0 radical (unpaired) electrons. The Morgan fingerprint density at radius 3 is 2.70 bits per heavy atom. The summed E-state index contributed by atoms with van der Waals surface area (Å²) in [4.78, 5) is 1.82. The van der Waals surface area contributed by atoms with E-state index in [0.29, 0.717) is 0 Å². The van der Waals surface area contributed by atoms with E-state index in [1.54, 1.807) is 0 Å². The number of hydrogen-bond acceptors (Lipinski definition) is 3. The fraction of sp³-hybridized carbons (Fsp3) is 0.857. The van der Waals surface area contributed by atoms with Gasteiger partial charge in [0.25, 0.3) is 0 Å². The van der Waals surface area contributed by atoms with Gasteiger partial charge >= 0.3 is 0 Å². The number of nitriles is 1. The monoisotopic (exact) mass is 139 g/mol. The fourth-order valence-corrected chi connectivity index (χ4v) is 1.17. The third-order valence-corrected chi connectivity index (χ3v) is 1.92. The Morgan fingerprint density at radius 1 is 1.60 bits per heavy atom. The molecule has 3 heteroatoms. The topological polar surface area (TPSA) is 39.1 Å². The second-order valence-corrected chi connectivity index (χ2v) is 3.24. The summed E-state index contributed by atoms with van der Waals surface area (Å²) in [5.74, 6) is 0. The summed E-state index contributed by atoms with van der Waals surface area (Å²) in [5, 5.41) is 11.9. The highest BCUT2D eigenvalue weighted by Crippen LogP contribution is 2.13. The van der Waals surface area contributed by atoms with Crippen LogP contribution < -0.4 is 5.32 Å². The van der Waals surface area contributed by atoms with E-state index in [2.05, 4.69) is 25.4 Å². The minimum atomic E-state index is 0.00694. The van der Waals surface area contributed by atoms with Gasteiger partial charge in [-0.1, -0.05) is 0 Å². The van der Waals surface area contributed by atoms with Gasteiger partial charge in [-0.15, -0.1) is 0 Å². The van der Waals surface area contributed by atoms with E-state index in [1.165, 1.54) is 0 Å². The van der Waals surface area contributed by atoms with Gasteiger partial charge < -0.3 is 10.2 Å². The van der Waals surface area contributed by atoms with Gasteiger partial charge in [0.05, 0.1) is 5.54 Å². The largest absolute Gasteiger partial charge is 0.313 e. The normalized spacial score (nSPS) is 23.9. The van der Waals surface area contributed by atoms with Gasteiger partial charge in [-0.25, -0.2) is 0 Å². The number of hydrogen-bond donors (Lipinski definition) is 1. The van der Waals surface area contributed by atoms with Crippen LogP contribution in [0.4, 0.5) is 0 Å². The molecule has 10 heavy (non-hydrogen) atoms. The molecule has 0 bridgehead atoms. The molecule has 1 fully saturated rings. The number of nitrogens with one attached hydrogen (secondary N) is 1. The van der Waals surface area contributed by atoms with Gasteiger partial charge in [-0.05, 0) is 13.8 Å². The maximum absolute atomic E-state index is 8.67. The molecule has 0 aromatic carbocycles. The zero-order valence-electron chi connectivity index (χ0n) is 6.52. The first-order chi connectivity index (χ1) is 4.67. The van der Waals surface area contributed by atoms with E-state index in [0.717, 1.165) is 19.6 Å². The first kappa shape index (κ1) is 7.36. The van der Waals surface area contributed by atoms with E-state index in [1.807, 2.05) is 4.90 Å². The molecule has 1 aliphatic heterocycles. The molecule has 0 spiro atoms. The average Bonchev–Trinajstić information content (AvgIpc) is 1.87. The molecular weight excluding hydrogens is 126 g/mol. The molecule has 0 unspecified atom stereocenters. The Labute approximate surface area is 61.6 Å². The summed E-state index contributed by atoms with van der Waals surface area (Å²) in [6, 6.07) is 0. The Kier molecular flexibility index (Phi) is 1.82. The molecule has 1 N–H and O–H groups in total. The van der Waals surface area contributed by atoms with Crippen molar-refractivity contribution in [3.8, 4) is 6.19 Å². The summed E-state index contributed by atoms with van der Waals surface area (Å²) in [6.45, 7) is 6.81. The van der Waals surface area contributed by atoms with Crippen molar-refractivity contribution in [1.29, 1.82) is 5.26 Å². The molecule has 0 atom stereocenters. The van der Waals surface area contributed by atoms with Crippen molar-refractivity contribution in [1.82, 2.24) is 10.2 Å². The standard InChI is InChI=1S/C7H13N3/c1-7(2)5-9-3-4-10(7)6-8/h9H,3-5H2,1-2H3. The lowest BCUT2D eigenvalue weighted by molar-refractivity contribution is 0.157. The van der Waals surface area contributed by atoms with Crippen molar-refractivity contribution >= 4 is 0 Å². The molecule has 1 heterocycles. The summed E-state index contributed by atoms with van der Waals surface area (Å²) >= 11 is 0. The van der Waals surface area contributed by atoms with Crippen LogP contribution in [0.15, 0.2) is 0 Å². The lowest BCUT2D eigenvalue weighted by Crippen LogP contribution is -2.55. The Bertz CT molecular complexity index is 157. The smallest absolute Gasteiger partial charge is 0.179 e. The minimum Gasteiger partial charge on any atom is -0.313 e. The second-order valence-electron chi connectivity index (χ2n) is 3.24. The van der Waals surface area contributed by atoms with Crippen LogP contribution in [0.3, 0.4) is 0 Å². The molecular formula is C7H13N3. The summed E-state index contributed by atoms with van der Waals surface area (Å²) in [6.07, 6.45) is 2.19. The van der Waals surface area contributed by atoms with Gasteiger partial charge in [0.15, 0.2) is 6.19 Å². The van der Waals surface area contributed by atoms with E-state index >= 15 is 0 Å². The van der Waals surface area contributed by atoms with Gasteiger partial charge in [0, 0.05) is 19.6 Å². The van der Waals surface area contributed by atoms with Crippen LogP contribution in [-0.2, 0) is 0 Å². The van der Waals surface area contributed by atoms with E-state index < -0.39 is 0 Å². The van der Waals surface area contributed by atoms with Crippen LogP contribution in [0.5, 0.6) is 0 Å². The number of rotatable bonds is 0. The zero-order valence-corrected chi connectivity index (χ0v) is 6.52. The lowest BCUT2D eigenvalue weighted by Gasteiger charge is -2.38. The summed E-state index contributed by atoms with van der Waals surface area (Å²) in [7, 11) is 0. The van der Waals surface area contributed by atoms with Gasteiger partial charge in [0.2, 0.25) is 0 Å². The van der Waals surface area contributed by atoms with E-state index in [4.69, 9.17) is 5.26 Å². The van der Waals surface area contributed by atoms with E-state index in [9.17, 15) is 0 Å². The van der Waals surface area contributed by atoms with Crippen LogP contribution in [0.25, 0.3) is 0 Å². The average molecular weight is 139 g/mol. The van der Waals surface area contributed by atoms with Gasteiger partial charge in [-0.2, -0.15) is 5.26 Å². The first-order valence-corrected chi connectivity index (χ1v) is 3.55. The van der Waals surface area contributed by atoms with Crippen molar-refractivity contribution in [2.24, 2.45) is 0 Å². The molecule has 3 nitrogen and oxygen atoms in total. The first-order valence-electron chi connectivity index (χ1n) is 3.55. The predicted octanol–water partition coefficient (Wildman–Crippen LogP) is 0.151. The molecule has 0 aromatic rings. The highest BCUT2D eigenvalue weighted by atomic mass is 15.2. The molecule has 0 aliphatic carbocycles. The van der Waals surface area contributed by atoms with Crippen molar-refractivity contribution < 1.29 is 0 Å². The van der Waals surface area contributed by atoms with Gasteiger partial charge in [0.1, 0.15) is 0 Å². The maximum atomic E-state index is 8.67. The lowest BCUT2D eigenvalue weighted by atomic mass is 10.0. The van der Waals surface area contributed by atoms with E-state index in [-0.39, 0.29) is 5.54 Å². The Hall–Kier alpha value is -0.750. The molecule has 0 amide bonds. The van der Waals surface area contributed by atoms with Crippen LogP contribution in [0, 0.1) is 11.5 Å². The SMILES string of the molecule is CC1(C)CNCCN1C#N. The minimum absolute atomic E-state index is 0.00694. The third kappa shape index (κ3) is 1.22. The summed E-state index contributed by atoms with van der Waals surface area (Å²) < 4.78 is 0. The predicted molar refractivity (Wildman–Crippen MR) is 39.3 cm³/mol. The molecule has 0 aromatic heterocycles. The van der Waals surface area contributed by atoms with Gasteiger partial charge in [-0.3, -0.25) is 0 Å². The molecule has 56 valence electrons. The Balaban J connectivity index is 2.62. The fourth-order valence-electron chi connectivity index (χ4n) is 1.17. The van der Waals surface area contributed by atoms with Crippen molar-refractivity contribution in [2.45, 2.75) is 19.4 Å². The second kappa shape index (κ2) is 2.47. The van der Waals surface area contributed by atoms with Crippen LogP contribution in [-0.4, -0.2) is 30.1 Å². The molecule has 0 saturated carbocycles. The van der Waals surface area contributed by atoms with Crippen LogP contribution in [0.1, 0.15) is 13.8 Å².